The average molecular weight is 491 g/mol. The van der Waals surface area contributed by atoms with Crippen molar-refractivity contribution >= 4 is 27.3 Å². The smallest absolute Gasteiger partial charge is 0.270 e. The van der Waals surface area contributed by atoms with Crippen LogP contribution in [0.5, 0.6) is 0 Å². The molecule has 1 fully saturated rings. The molecule has 184 valence electrons. The van der Waals surface area contributed by atoms with Gasteiger partial charge in [-0.25, -0.2) is 8.42 Å². The number of carbonyl (C=O) groups excluding carboxylic acids is 1. The summed E-state index contributed by atoms with van der Waals surface area (Å²) in [6.07, 6.45) is 0.957. The summed E-state index contributed by atoms with van der Waals surface area (Å²) in [6, 6.07) is 11.1. The van der Waals surface area contributed by atoms with E-state index in [-0.39, 0.29) is 28.2 Å². The number of non-ortho nitro benzene ring substituents is 1. The normalized spacial score (nSPS) is 15.6. The van der Waals surface area contributed by atoms with Gasteiger partial charge < -0.3 is 10.1 Å². The van der Waals surface area contributed by atoms with Crippen LogP contribution in [0.15, 0.2) is 53.4 Å². The zero-order chi connectivity index (χ0) is 24.7. The Morgan fingerprint density at radius 3 is 2.44 bits per heavy atom. The molecule has 1 amide bonds. The van der Waals surface area contributed by atoms with Gasteiger partial charge in [-0.2, -0.15) is 0 Å². The highest BCUT2D eigenvalue weighted by Gasteiger charge is 2.23. The van der Waals surface area contributed by atoms with E-state index in [9.17, 15) is 23.3 Å². The van der Waals surface area contributed by atoms with Gasteiger partial charge in [-0.3, -0.25) is 24.5 Å². The van der Waals surface area contributed by atoms with Gasteiger partial charge in [-0.15, -0.1) is 0 Å². The lowest BCUT2D eigenvalue weighted by Crippen LogP contribution is -2.49. The SMILES string of the molecule is CC(C)C[C@@H](CNC(=O)c1ccc(NS(=O)(=O)c2cccc([N+](=O)[O-])c2)cc1)N1CCOCC1. The maximum Gasteiger partial charge on any atom is 0.270 e. The van der Waals surface area contributed by atoms with Gasteiger partial charge in [0.2, 0.25) is 0 Å². The molecule has 1 heterocycles. The molecule has 10 nitrogen and oxygen atoms in total. The molecule has 1 aliphatic rings. The lowest BCUT2D eigenvalue weighted by Gasteiger charge is -2.35. The van der Waals surface area contributed by atoms with E-state index in [2.05, 4.69) is 28.8 Å². The first-order valence-electron chi connectivity index (χ1n) is 11.1. The summed E-state index contributed by atoms with van der Waals surface area (Å²) < 4.78 is 33.0. The van der Waals surface area contributed by atoms with E-state index >= 15 is 0 Å². The maximum atomic E-state index is 12.7. The summed E-state index contributed by atoms with van der Waals surface area (Å²) >= 11 is 0. The Labute approximate surface area is 199 Å². The van der Waals surface area contributed by atoms with Gasteiger partial charge in [-0.05, 0) is 42.7 Å². The van der Waals surface area contributed by atoms with Gasteiger partial charge in [0, 0.05) is 49.1 Å². The Balaban J connectivity index is 1.62. The van der Waals surface area contributed by atoms with Crippen LogP contribution < -0.4 is 10.0 Å². The molecular weight excluding hydrogens is 460 g/mol. The third kappa shape index (κ3) is 6.99. The molecule has 0 spiro atoms. The third-order valence-corrected chi connectivity index (χ3v) is 6.92. The standard InChI is InChI=1S/C23H30N4O6S/c1-17(2)14-21(26-10-12-33-13-11-26)16-24-23(28)18-6-8-19(9-7-18)25-34(31,32)22-5-3-4-20(15-22)27(29)30/h3-9,15,17,21,25H,10-14,16H2,1-2H3,(H,24,28)/t21-/m0/s1. The fourth-order valence-corrected chi connectivity index (χ4v) is 4.93. The minimum atomic E-state index is -4.02. The molecule has 0 unspecified atom stereocenters. The maximum absolute atomic E-state index is 12.7. The van der Waals surface area contributed by atoms with Gasteiger partial charge in [-0.1, -0.05) is 19.9 Å². The fraction of sp³-hybridized carbons (Fsp3) is 0.435. The van der Waals surface area contributed by atoms with E-state index in [1.165, 1.54) is 42.5 Å². The van der Waals surface area contributed by atoms with Crippen molar-refractivity contribution in [3.63, 3.8) is 0 Å². The second kappa shape index (κ2) is 11.4. The van der Waals surface area contributed by atoms with E-state index in [0.717, 1.165) is 25.6 Å². The Bertz CT molecular complexity index is 1100. The summed E-state index contributed by atoms with van der Waals surface area (Å²) in [4.78, 5) is 25.1. The number of hydrogen-bond donors (Lipinski definition) is 2. The van der Waals surface area contributed by atoms with E-state index < -0.39 is 14.9 Å². The highest BCUT2D eigenvalue weighted by Crippen LogP contribution is 2.21. The summed E-state index contributed by atoms with van der Waals surface area (Å²) in [5.41, 5.74) is 0.334. The molecule has 11 heteroatoms. The van der Waals surface area contributed by atoms with Crippen LogP contribution in [0.1, 0.15) is 30.6 Å². The first-order chi connectivity index (χ1) is 16.2. The Morgan fingerprint density at radius 2 is 1.82 bits per heavy atom. The number of amides is 1. The number of sulfonamides is 1. The molecule has 1 aliphatic heterocycles. The van der Waals surface area contributed by atoms with Gasteiger partial charge in [0.15, 0.2) is 0 Å². The van der Waals surface area contributed by atoms with Crippen molar-refractivity contribution in [2.75, 3.05) is 37.6 Å². The topological polar surface area (TPSA) is 131 Å². The Hall–Kier alpha value is -3.02. The molecule has 3 rings (SSSR count). The fourth-order valence-electron chi connectivity index (χ4n) is 3.83. The second-order valence-corrected chi connectivity index (χ2v) is 10.3. The van der Waals surface area contributed by atoms with Crippen LogP contribution in [0, 0.1) is 16.0 Å². The average Bonchev–Trinajstić information content (AvgIpc) is 2.82. The van der Waals surface area contributed by atoms with E-state index in [1.807, 2.05) is 0 Å². The van der Waals surface area contributed by atoms with Crippen molar-refractivity contribution in [1.29, 1.82) is 0 Å². The zero-order valence-electron chi connectivity index (χ0n) is 19.3. The number of morpholine rings is 1. The highest BCUT2D eigenvalue weighted by atomic mass is 32.2. The van der Waals surface area contributed by atoms with Gasteiger partial charge in [0.1, 0.15) is 0 Å². The molecule has 1 saturated heterocycles. The molecule has 2 aromatic carbocycles. The van der Waals surface area contributed by atoms with Crippen LogP contribution in [0.4, 0.5) is 11.4 Å². The van der Waals surface area contributed by atoms with Crippen molar-refractivity contribution < 1.29 is 22.9 Å². The van der Waals surface area contributed by atoms with Crippen LogP contribution in [-0.4, -0.2) is 63.0 Å². The van der Waals surface area contributed by atoms with E-state index in [1.54, 1.807) is 0 Å². The number of carbonyl (C=O) groups is 1. The van der Waals surface area contributed by atoms with Crippen LogP contribution in [0.25, 0.3) is 0 Å². The Kier molecular flexibility index (Phi) is 8.59. The molecule has 0 aliphatic carbocycles. The molecule has 0 radical (unpaired) electrons. The number of nitrogens with zero attached hydrogens (tertiary/aromatic N) is 2. The number of nitro groups is 1. The van der Waals surface area contributed by atoms with Crippen LogP contribution in [-0.2, 0) is 14.8 Å². The van der Waals surface area contributed by atoms with Crippen molar-refractivity contribution in [1.82, 2.24) is 10.2 Å². The summed E-state index contributed by atoms with van der Waals surface area (Å²) in [7, 11) is -4.02. The summed E-state index contributed by atoms with van der Waals surface area (Å²) in [6.45, 7) is 7.88. The first-order valence-corrected chi connectivity index (χ1v) is 12.6. The van der Waals surface area contributed by atoms with Gasteiger partial charge >= 0.3 is 0 Å². The molecular formula is C23H30N4O6S. The lowest BCUT2D eigenvalue weighted by molar-refractivity contribution is -0.385. The Morgan fingerprint density at radius 1 is 1.15 bits per heavy atom. The minimum absolute atomic E-state index is 0.217. The predicted molar refractivity (Wildman–Crippen MR) is 128 cm³/mol. The monoisotopic (exact) mass is 490 g/mol. The summed E-state index contributed by atoms with van der Waals surface area (Å²) in [5.74, 6) is 0.248. The van der Waals surface area contributed by atoms with Crippen LogP contribution in [0.2, 0.25) is 0 Å². The number of hydrogen-bond acceptors (Lipinski definition) is 7. The largest absolute Gasteiger partial charge is 0.379 e. The minimum Gasteiger partial charge on any atom is -0.379 e. The van der Waals surface area contributed by atoms with Crippen molar-refractivity contribution in [3.8, 4) is 0 Å². The van der Waals surface area contributed by atoms with Crippen molar-refractivity contribution in [2.24, 2.45) is 5.92 Å². The quantitative estimate of drug-likeness (QED) is 0.387. The number of rotatable bonds is 10. The molecule has 1 atom stereocenters. The molecule has 0 bridgehead atoms. The van der Waals surface area contributed by atoms with Crippen molar-refractivity contribution in [2.45, 2.75) is 31.2 Å². The van der Waals surface area contributed by atoms with Gasteiger partial charge in [0.25, 0.3) is 21.6 Å². The van der Waals surface area contributed by atoms with E-state index in [0.29, 0.717) is 31.2 Å². The van der Waals surface area contributed by atoms with Crippen LogP contribution in [0.3, 0.4) is 0 Å². The number of nitro benzene ring substituents is 1. The summed E-state index contributed by atoms with van der Waals surface area (Å²) in [5, 5.41) is 13.9. The molecule has 2 aromatic rings. The molecule has 34 heavy (non-hydrogen) atoms. The number of ether oxygens (including phenoxy) is 1. The molecule has 0 saturated carbocycles. The predicted octanol–water partition coefficient (Wildman–Crippen LogP) is 2.87. The first kappa shape index (κ1) is 25.6. The number of benzene rings is 2. The van der Waals surface area contributed by atoms with Crippen LogP contribution >= 0.6 is 0 Å². The third-order valence-electron chi connectivity index (χ3n) is 5.54. The molecule has 0 aromatic heterocycles. The van der Waals surface area contributed by atoms with Gasteiger partial charge in [0.05, 0.1) is 23.0 Å². The van der Waals surface area contributed by atoms with Crippen molar-refractivity contribution in [3.05, 3.63) is 64.2 Å². The zero-order valence-corrected chi connectivity index (χ0v) is 20.1. The van der Waals surface area contributed by atoms with E-state index in [4.69, 9.17) is 4.74 Å². The molecule has 2 N–H and O–H groups in total. The second-order valence-electron chi connectivity index (χ2n) is 8.58. The number of nitrogens with one attached hydrogen (secondary N) is 2. The highest BCUT2D eigenvalue weighted by molar-refractivity contribution is 7.92. The lowest BCUT2D eigenvalue weighted by atomic mass is 10.0. The number of anilines is 1.